The molecule has 0 saturated carbocycles. The zero-order valence-electron chi connectivity index (χ0n) is 13.4. The molecule has 2 aromatic carbocycles. The van der Waals surface area contributed by atoms with Gasteiger partial charge in [-0.3, -0.25) is 9.59 Å². The van der Waals surface area contributed by atoms with Gasteiger partial charge in [0, 0.05) is 5.69 Å². The molecule has 1 amide bonds. The van der Waals surface area contributed by atoms with E-state index in [0.717, 1.165) is 5.56 Å². The van der Waals surface area contributed by atoms with Crippen LogP contribution in [-0.4, -0.2) is 18.5 Å². The summed E-state index contributed by atoms with van der Waals surface area (Å²) in [7, 11) is 0. The molecule has 5 heteroatoms. The second kappa shape index (κ2) is 8.49. The second-order valence-corrected chi connectivity index (χ2v) is 5.22. The first kappa shape index (κ1) is 17.2. The van der Waals surface area contributed by atoms with E-state index in [0.29, 0.717) is 17.7 Å². The first-order valence-corrected chi connectivity index (χ1v) is 7.65. The van der Waals surface area contributed by atoms with Gasteiger partial charge in [-0.05, 0) is 30.2 Å². The number of nitriles is 1. The number of rotatable bonds is 6. The highest BCUT2D eigenvalue weighted by Crippen LogP contribution is 2.20. The van der Waals surface area contributed by atoms with Gasteiger partial charge in [-0.1, -0.05) is 43.3 Å². The summed E-state index contributed by atoms with van der Waals surface area (Å²) in [5, 5.41) is 11.4. The number of esters is 1. The van der Waals surface area contributed by atoms with E-state index in [9.17, 15) is 9.59 Å². The molecule has 0 radical (unpaired) electrons. The van der Waals surface area contributed by atoms with Crippen molar-refractivity contribution in [2.45, 2.75) is 19.3 Å². The predicted molar refractivity (Wildman–Crippen MR) is 90.2 cm³/mol. The van der Waals surface area contributed by atoms with E-state index in [2.05, 4.69) is 5.32 Å². The zero-order valence-corrected chi connectivity index (χ0v) is 13.4. The van der Waals surface area contributed by atoms with Crippen molar-refractivity contribution in [1.29, 1.82) is 5.26 Å². The smallest absolute Gasteiger partial charge is 0.313 e. The summed E-state index contributed by atoms with van der Waals surface area (Å²) in [5.41, 5.74) is 1.80. The number of hydrogen-bond donors (Lipinski definition) is 1. The standard InChI is InChI=1S/C19H18N2O3/c1-2-17(15-8-4-3-5-9-15)19(23)24-13-18(22)21-16-10-6-7-14(11-16)12-20/h3-11,17H,2,13H2,1H3,(H,21,22)/t17-/m1/s1. The number of amides is 1. The normalized spacial score (nSPS) is 11.2. The number of nitrogens with zero attached hydrogens (tertiary/aromatic N) is 1. The van der Waals surface area contributed by atoms with Gasteiger partial charge in [0.25, 0.3) is 5.91 Å². The Labute approximate surface area is 140 Å². The molecular formula is C19H18N2O3. The Hall–Kier alpha value is -3.13. The molecule has 5 nitrogen and oxygen atoms in total. The van der Waals surface area contributed by atoms with Crippen LogP contribution in [0.2, 0.25) is 0 Å². The predicted octanol–water partition coefficient (Wildman–Crippen LogP) is 3.23. The second-order valence-electron chi connectivity index (χ2n) is 5.22. The molecule has 1 N–H and O–H groups in total. The highest BCUT2D eigenvalue weighted by atomic mass is 16.5. The third-order valence-electron chi connectivity index (χ3n) is 3.52. The lowest BCUT2D eigenvalue weighted by molar-refractivity contribution is -0.149. The maximum atomic E-state index is 12.2. The molecule has 0 aliphatic rings. The minimum atomic E-state index is -0.443. The Morgan fingerprint density at radius 2 is 1.92 bits per heavy atom. The number of benzene rings is 2. The number of carbonyl (C=O) groups excluding carboxylic acids is 2. The van der Waals surface area contributed by atoms with Gasteiger partial charge in [-0.15, -0.1) is 0 Å². The first-order valence-electron chi connectivity index (χ1n) is 7.65. The van der Waals surface area contributed by atoms with Crippen LogP contribution in [0.5, 0.6) is 0 Å². The van der Waals surface area contributed by atoms with Gasteiger partial charge in [0.2, 0.25) is 0 Å². The van der Waals surface area contributed by atoms with Crippen LogP contribution in [-0.2, 0) is 14.3 Å². The van der Waals surface area contributed by atoms with Crippen LogP contribution in [0.3, 0.4) is 0 Å². The Morgan fingerprint density at radius 1 is 1.17 bits per heavy atom. The molecule has 0 bridgehead atoms. The third-order valence-corrected chi connectivity index (χ3v) is 3.52. The molecule has 2 aromatic rings. The van der Waals surface area contributed by atoms with Crippen molar-refractivity contribution in [2.24, 2.45) is 0 Å². The maximum absolute atomic E-state index is 12.2. The molecule has 0 fully saturated rings. The third kappa shape index (κ3) is 4.68. The van der Waals surface area contributed by atoms with Gasteiger partial charge in [-0.2, -0.15) is 5.26 Å². The molecule has 1 atom stereocenters. The molecule has 122 valence electrons. The van der Waals surface area contributed by atoms with Gasteiger partial charge in [0.15, 0.2) is 6.61 Å². The topological polar surface area (TPSA) is 79.2 Å². The van der Waals surface area contributed by atoms with Gasteiger partial charge in [-0.25, -0.2) is 0 Å². The lowest BCUT2D eigenvalue weighted by atomic mass is 9.97. The number of hydrogen-bond acceptors (Lipinski definition) is 4. The van der Waals surface area contributed by atoms with Crippen molar-refractivity contribution in [3.05, 3.63) is 65.7 Å². The van der Waals surface area contributed by atoms with Gasteiger partial charge in [0.05, 0.1) is 17.6 Å². The van der Waals surface area contributed by atoms with E-state index in [1.54, 1.807) is 24.3 Å². The quantitative estimate of drug-likeness (QED) is 0.828. The maximum Gasteiger partial charge on any atom is 0.313 e. The largest absolute Gasteiger partial charge is 0.455 e. The van der Waals surface area contributed by atoms with Crippen LogP contribution < -0.4 is 5.32 Å². The van der Waals surface area contributed by atoms with Crippen LogP contribution in [0.15, 0.2) is 54.6 Å². The van der Waals surface area contributed by atoms with Gasteiger partial charge >= 0.3 is 5.97 Å². The van der Waals surface area contributed by atoms with Crippen LogP contribution in [0.25, 0.3) is 0 Å². The van der Waals surface area contributed by atoms with Gasteiger partial charge < -0.3 is 10.1 Å². The summed E-state index contributed by atoms with van der Waals surface area (Å²) < 4.78 is 5.12. The number of nitrogens with one attached hydrogen (secondary N) is 1. The summed E-state index contributed by atoms with van der Waals surface area (Å²) in [6.45, 7) is 1.53. The SMILES string of the molecule is CC[C@@H](C(=O)OCC(=O)Nc1cccc(C#N)c1)c1ccccc1. The van der Waals surface area contributed by atoms with Gasteiger partial charge in [0.1, 0.15) is 0 Å². The van der Waals surface area contributed by atoms with Crippen molar-refractivity contribution in [1.82, 2.24) is 0 Å². The van der Waals surface area contributed by atoms with E-state index in [4.69, 9.17) is 10.00 Å². The molecule has 0 aliphatic heterocycles. The highest BCUT2D eigenvalue weighted by molar-refractivity contribution is 5.93. The number of ether oxygens (including phenoxy) is 1. The van der Waals surface area contributed by atoms with E-state index >= 15 is 0 Å². The summed E-state index contributed by atoms with van der Waals surface area (Å²) in [6, 6.07) is 17.9. The van der Waals surface area contributed by atoms with Crippen LogP contribution in [0.4, 0.5) is 5.69 Å². The van der Waals surface area contributed by atoms with Crippen molar-refractivity contribution in [3.8, 4) is 6.07 Å². The van der Waals surface area contributed by atoms with Crippen molar-refractivity contribution in [3.63, 3.8) is 0 Å². The highest BCUT2D eigenvalue weighted by Gasteiger charge is 2.20. The molecule has 0 saturated heterocycles. The molecule has 0 spiro atoms. The molecular weight excluding hydrogens is 304 g/mol. The molecule has 0 unspecified atom stereocenters. The van der Waals surface area contributed by atoms with E-state index in [1.165, 1.54) is 0 Å². The molecule has 0 aliphatic carbocycles. The summed E-state index contributed by atoms with van der Waals surface area (Å²) >= 11 is 0. The molecule has 0 aromatic heterocycles. The number of carbonyl (C=O) groups is 2. The Kier molecular flexibility index (Phi) is 6.09. The lowest BCUT2D eigenvalue weighted by Crippen LogP contribution is -2.23. The monoisotopic (exact) mass is 322 g/mol. The lowest BCUT2D eigenvalue weighted by Gasteiger charge is -2.14. The average Bonchev–Trinajstić information content (AvgIpc) is 2.61. The van der Waals surface area contributed by atoms with E-state index < -0.39 is 11.9 Å². The molecule has 2 rings (SSSR count). The van der Waals surface area contributed by atoms with Crippen molar-refractivity contribution < 1.29 is 14.3 Å². The Morgan fingerprint density at radius 3 is 2.58 bits per heavy atom. The Balaban J connectivity index is 1.90. The first-order chi connectivity index (χ1) is 11.6. The van der Waals surface area contributed by atoms with Crippen LogP contribution in [0, 0.1) is 11.3 Å². The Bertz CT molecular complexity index is 751. The number of anilines is 1. The van der Waals surface area contributed by atoms with E-state index in [1.807, 2.05) is 43.3 Å². The van der Waals surface area contributed by atoms with E-state index in [-0.39, 0.29) is 12.5 Å². The minimum absolute atomic E-state index is 0.362. The van der Waals surface area contributed by atoms with Crippen molar-refractivity contribution >= 4 is 17.6 Å². The van der Waals surface area contributed by atoms with Crippen LogP contribution >= 0.6 is 0 Å². The average molecular weight is 322 g/mol. The summed E-state index contributed by atoms with van der Waals surface area (Å²) in [5.74, 6) is -1.26. The fourth-order valence-corrected chi connectivity index (χ4v) is 2.32. The van der Waals surface area contributed by atoms with Crippen molar-refractivity contribution in [2.75, 3.05) is 11.9 Å². The fourth-order valence-electron chi connectivity index (χ4n) is 2.32. The summed E-state index contributed by atoms with van der Waals surface area (Å²) in [4.78, 5) is 24.1. The molecule has 0 heterocycles. The fraction of sp³-hybridized carbons (Fsp3) is 0.211. The zero-order chi connectivity index (χ0) is 17.4. The van der Waals surface area contributed by atoms with Crippen LogP contribution in [0.1, 0.15) is 30.4 Å². The summed E-state index contributed by atoms with van der Waals surface area (Å²) in [6.07, 6.45) is 0.592. The molecule has 24 heavy (non-hydrogen) atoms. The minimum Gasteiger partial charge on any atom is -0.455 e.